The summed E-state index contributed by atoms with van der Waals surface area (Å²) in [6, 6.07) is 2.78. The average Bonchev–Trinajstić information content (AvgIpc) is 3.07. The smallest absolute Gasteiger partial charge is 0.373 e. The highest BCUT2D eigenvalue weighted by atomic mass is 19.4. The van der Waals surface area contributed by atoms with Crippen LogP contribution in [0.5, 0.6) is 0 Å². The number of nitrogens with zero attached hydrogens (tertiary/aromatic N) is 5. The van der Waals surface area contributed by atoms with E-state index in [-0.39, 0.29) is 43.2 Å². The molecule has 0 atom stereocenters. The first-order valence-electron chi connectivity index (χ1n) is 10.6. The second-order valence-electron chi connectivity index (χ2n) is 8.46. The SMILES string of the molecule is C=C(F)C(=O)N1CC(n2c(=O)n(-c3ccc(C(F)(F)F)nc3)c3nccc(C#CC4(O)COC4)c32)C1. The lowest BCUT2D eigenvalue weighted by molar-refractivity contribution is -0.141. The van der Waals surface area contributed by atoms with Gasteiger partial charge in [0.1, 0.15) is 11.2 Å². The monoisotopic (exact) mass is 503 g/mol. The van der Waals surface area contributed by atoms with Gasteiger partial charge in [0.05, 0.1) is 36.7 Å². The molecule has 3 aromatic rings. The molecule has 0 spiro atoms. The number of hydrogen-bond acceptors (Lipinski definition) is 6. The summed E-state index contributed by atoms with van der Waals surface area (Å²) in [4.78, 5) is 34.3. The minimum absolute atomic E-state index is 0.00834. The van der Waals surface area contributed by atoms with Crippen molar-refractivity contribution in [2.45, 2.75) is 17.8 Å². The fraction of sp³-hybridized carbons (Fsp3) is 0.304. The maximum absolute atomic E-state index is 13.6. The highest BCUT2D eigenvalue weighted by Crippen LogP contribution is 2.30. The lowest BCUT2D eigenvalue weighted by Crippen LogP contribution is -2.52. The molecule has 0 aromatic carbocycles. The maximum Gasteiger partial charge on any atom is 0.433 e. The average molecular weight is 503 g/mol. The zero-order valence-electron chi connectivity index (χ0n) is 18.4. The van der Waals surface area contributed by atoms with Gasteiger partial charge in [-0.3, -0.25) is 9.36 Å². The molecule has 36 heavy (non-hydrogen) atoms. The number of halogens is 4. The van der Waals surface area contributed by atoms with Crippen molar-refractivity contribution in [2.24, 2.45) is 0 Å². The maximum atomic E-state index is 13.6. The van der Waals surface area contributed by atoms with E-state index in [2.05, 4.69) is 28.4 Å². The third-order valence-electron chi connectivity index (χ3n) is 5.91. The number of aromatic nitrogens is 4. The summed E-state index contributed by atoms with van der Waals surface area (Å²) in [5, 5.41) is 10.3. The summed E-state index contributed by atoms with van der Waals surface area (Å²) >= 11 is 0. The molecule has 5 rings (SSSR count). The van der Waals surface area contributed by atoms with Crippen molar-refractivity contribution < 1.29 is 32.2 Å². The van der Waals surface area contributed by atoms with Gasteiger partial charge in [0.2, 0.25) is 0 Å². The van der Waals surface area contributed by atoms with E-state index in [1.54, 1.807) is 0 Å². The molecular formula is C23H17F4N5O4. The Morgan fingerprint density at radius 3 is 2.50 bits per heavy atom. The minimum atomic E-state index is -4.66. The Morgan fingerprint density at radius 2 is 1.94 bits per heavy atom. The molecule has 2 fully saturated rings. The molecular weight excluding hydrogens is 486 g/mol. The molecule has 13 heteroatoms. The lowest BCUT2D eigenvalue weighted by Gasteiger charge is -2.39. The van der Waals surface area contributed by atoms with Crippen molar-refractivity contribution in [2.75, 3.05) is 26.3 Å². The Hall–Kier alpha value is -4.02. The van der Waals surface area contributed by atoms with Crippen LogP contribution >= 0.6 is 0 Å². The molecule has 1 amide bonds. The molecule has 186 valence electrons. The molecule has 0 unspecified atom stereocenters. The van der Waals surface area contributed by atoms with E-state index in [4.69, 9.17) is 4.74 Å². The first-order valence-corrected chi connectivity index (χ1v) is 10.6. The summed E-state index contributed by atoms with van der Waals surface area (Å²) in [6.07, 6.45) is -2.38. The number of aliphatic hydroxyl groups is 1. The molecule has 0 aliphatic carbocycles. The quantitative estimate of drug-likeness (QED) is 0.331. The lowest BCUT2D eigenvalue weighted by atomic mass is 10.0. The number of amides is 1. The summed E-state index contributed by atoms with van der Waals surface area (Å²) in [6.45, 7) is 3.01. The number of likely N-dealkylation sites (tertiary alicyclic amines) is 1. The topological polar surface area (TPSA) is 102 Å². The Balaban J connectivity index is 1.65. The Kier molecular flexibility index (Phi) is 5.46. The summed E-state index contributed by atoms with van der Waals surface area (Å²) < 4.78 is 59.6. The van der Waals surface area contributed by atoms with Gasteiger partial charge >= 0.3 is 11.9 Å². The predicted octanol–water partition coefficient (Wildman–Crippen LogP) is 1.58. The van der Waals surface area contributed by atoms with Gasteiger partial charge in [-0.15, -0.1) is 0 Å². The zero-order chi connectivity index (χ0) is 25.8. The van der Waals surface area contributed by atoms with Gasteiger partial charge in [0, 0.05) is 19.3 Å². The van der Waals surface area contributed by atoms with Crippen molar-refractivity contribution in [3.05, 3.63) is 64.7 Å². The number of hydrogen-bond donors (Lipinski definition) is 1. The Labute approximate surface area is 200 Å². The highest BCUT2D eigenvalue weighted by Gasteiger charge is 2.37. The van der Waals surface area contributed by atoms with Gasteiger partial charge in [0.15, 0.2) is 17.1 Å². The van der Waals surface area contributed by atoms with Crippen LogP contribution in [-0.2, 0) is 15.7 Å². The number of carbonyl (C=O) groups excluding carboxylic acids is 1. The zero-order valence-corrected chi connectivity index (χ0v) is 18.4. The third kappa shape index (κ3) is 3.94. The highest BCUT2D eigenvalue weighted by molar-refractivity contribution is 5.91. The van der Waals surface area contributed by atoms with E-state index < -0.39 is 40.9 Å². The van der Waals surface area contributed by atoms with Gasteiger partial charge in [-0.1, -0.05) is 18.4 Å². The number of alkyl halides is 3. The van der Waals surface area contributed by atoms with Gasteiger partial charge in [-0.2, -0.15) is 13.2 Å². The molecule has 2 saturated heterocycles. The van der Waals surface area contributed by atoms with Crippen molar-refractivity contribution in [1.82, 2.24) is 24.0 Å². The number of fused-ring (bicyclic) bond motifs is 1. The first-order chi connectivity index (χ1) is 17.0. The van der Waals surface area contributed by atoms with Crippen LogP contribution in [0, 0.1) is 11.8 Å². The number of ether oxygens (including phenoxy) is 1. The standard InChI is InChI=1S/C23H17F4N5O4/c1-13(24)20(33)30-9-16(10-30)31-18-14(4-6-22(35)11-36-12-22)5-7-28-19(18)32(21(31)34)15-2-3-17(29-8-15)23(25,26)27/h2-3,5,7-8,16,35H,1,9-12H2. The Bertz CT molecular complexity index is 1500. The number of pyridine rings is 2. The normalized spacial score (nSPS) is 17.2. The molecule has 0 bridgehead atoms. The number of carbonyl (C=O) groups is 1. The van der Waals surface area contributed by atoms with Crippen LogP contribution in [0.25, 0.3) is 16.9 Å². The van der Waals surface area contributed by atoms with E-state index in [0.29, 0.717) is 5.56 Å². The van der Waals surface area contributed by atoms with Crippen LogP contribution < -0.4 is 5.69 Å². The van der Waals surface area contributed by atoms with Gasteiger partial charge in [-0.05, 0) is 18.2 Å². The van der Waals surface area contributed by atoms with Crippen LogP contribution in [0.1, 0.15) is 17.3 Å². The van der Waals surface area contributed by atoms with Crippen molar-refractivity contribution >= 4 is 17.1 Å². The fourth-order valence-corrected chi connectivity index (χ4v) is 4.00. The van der Waals surface area contributed by atoms with Crippen molar-refractivity contribution in [3.63, 3.8) is 0 Å². The van der Waals surface area contributed by atoms with E-state index in [0.717, 1.165) is 22.9 Å². The molecule has 3 aromatic heterocycles. The van der Waals surface area contributed by atoms with Crippen LogP contribution in [0.2, 0.25) is 0 Å². The molecule has 9 nitrogen and oxygen atoms in total. The van der Waals surface area contributed by atoms with E-state index in [9.17, 15) is 32.3 Å². The largest absolute Gasteiger partial charge is 0.433 e. The predicted molar refractivity (Wildman–Crippen MR) is 117 cm³/mol. The first kappa shape index (κ1) is 23.7. The number of rotatable bonds is 3. The molecule has 2 aliphatic rings. The van der Waals surface area contributed by atoms with Gasteiger partial charge < -0.3 is 14.7 Å². The summed E-state index contributed by atoms with van der Waals surface area (Å²) in [5.41, 5.74) is -2.45. The van der Waals surface area contributed by atoms with Crippen molar-refractivity contribution in [1.29, 1.82) is 0 Å². The fourth-order valence-electron chi connectivity index (χ4n) is 4.00. The van der Waals surface area contributed by atoms with Crippen molar-refractivity contribution in [3.8, 4) is 17.5 Å². The third-order valence-corrected chi connectivity index (χ3v) is 5.91. The van der Waals surface area contributed by atoms with Gasteiger partial charge in [-0.25, -0.2) is 23.7 Å². The Morgan fingerprint density at radius 1 is 1.22 bits per heavy atom. The van der Waals surface area contributed by atoms with Gasteiger partial charge in [0.25, 0.3) is 5.91 Å². The molecule has 0 radical (unpaired) electrons. The second-order valence-corrected chi connectivity index (χ2v) is 8.46. The van der Waals surface area contributed by atoms with Crippen LogP contribution in [0.3, 0.4) is 0 Å². The number of imidazole rings is 1. The van der Waals surface area contributed by atoms with Crippen LogP contribution in [0.4, 0.5) is 17.6 Å². The van der Waals surface area contributed by atoms with E-state index in [1.807, 2.05) is 0 Å². The van der Waals surface area contributed by atoms with E-state index >= 15 is 0 Å². The molecule has 5 heterocycles. The summed E-state index contributed by atoms with van der Waals surface area (Å²) in [5.74, 6) is 3.50. The second kappa shape index (κ2) is 8.28. The summed E-state index contributed by atoms with van der Waals surface area (Å²) in [7, 11) is 0. The van der Waals surface area contributed by atoms with E-state index in [1.165, 1.54) is 21.7 Å². The molecule has 0 saturated carbocycles. The minimum Gasteiger partial charge on any atom is -0.373 e. The van der Waals surface area contributed by atoms with Crippen LogP contribution in [-0.4, -0.2) is 66.9 Å². The molecule has 2 aliphatic heterocycles. The van der Waals surface area contributed by atoms with Crippen LogP contribution in [0.15, 0.2) is 47.8 Å². The molecule has 1 N–H and O–H groups in total.